The van der Waals surface area contributed by atoms with E-state index in [9.17, 15) is 4.79 Å². The molecule has 0 aliphatic rings. The molecule has 0 aliphatic heterocycles. The number of nitriles is 1. The SMILES string of the molecule is CC[C@H](C)NC(=O)[C@H](Sc1cc(C#N)ccn1)C(C)C. The van der Waals surface area contributed by atoms with Crippen molar-refractivity contribution in [3.63, 3.8) is 0 Å². The summed E-state index contributed by atoms with van der Waals surface area (Å²) in [6.45, 7) is 8.07. The number of nitrogens with one attached hydrogen (secondary N) is 1. The van der Waals surface area contributed by atoms with Gasteiger partial charge in [0.2, 0.25) is 5.91 Å². The van der Waals surface area contributed by atoms with E-state index in [0.717, 1.165) is 6.42 Å². The van der Waals surface area contributed by atoms with Crippen LogP contribution in [-0.2, 0) is 4.79 Å². The zero-order valence-electron chi connectivity index (χ0n) is 12.4. The van der Waals surface area contributed by atoms with Crippen molar-refractivity contribution < 1.29 is 4.79 Å². The average Bonchev–Trinajstić information content (AvgIpc) is 2.44. The second kappa shape index (κ2) is 7.91. The summed E-state index contributed by atoms with van der Waals surface area (Å²) in [5.41, 5.74) is 0.562. The Bertz CT molecular complexity index is 496. The van der Waals surface area contributed by atoms with Crippen LogP contribution in [-0.4, -0.2) is 22.2 Å². The third-order valence-corrected chi connectivity index (χ3v) is 4.45. The molecule has 1 rings (SSSR count). The number of carbonyl (C=O) groups excluding carboxylic acids is 1. The van der Waals surface area contributed by atoms with Crippen molar-refractivity contribution in [3.05, 3.63) is 23.9 Å². The van der Waals surface area contributed by atoms with E-state index in [1.807, 2.05) is 27.7 Å². The van der Waals surface area contributed by atoms with Crippen LogP contribution in [0.25, 0.3) is 0 Å². The minimum atomic E-state index is -0.203. The minimum Gasteiger partial charge on any atom is -0.353 e. The first-order valence-corrected chi connectivity index (χ1v) is 7.69. The maximum atomic E-state index is 12.3. The lowest BCUT2D eigenvalue weighted by Crippen LogP contribution is -2.40. The lowest BCUT2D eigenvalue weighted by Gasteiger charge is -2.21. The molecule has 1 aromatic heterocycles. The van der Waals surface area contributed by atoms with Gasteiger partial charge in [-0.25, -0.2) is 4.98 Å². The van der Waals surface area contributed by atoms with E-state index in [0.29, 0.717) is 10.6 Å². The molecular formula is C15H21N3OS. The number of aromatic nitrogens is 1. The predicted octanol–water partition coefficient (Wildman–Crippen LogP) is 2.98. The van der Waals surface area contributed by atoms with Gasteiger partial charge >= 0.3 is 0 Å². The van der Waals surface area contributed by atoms with Crippen molar-refractivity contribution in [3.8, 4) is 6.07 Å². The first-order chi connectivity index (χ1) is 9.47. The molecule has 0 bridgehead atoms. The molecule has 0 saturated heterocycles. The first kappa shape index (κ1) is 16.5. The quantitative estimate of drug-likeness (QED) is 0.818. The van der Waals surface area contributed by atoms with Gasteiger partial charge in [-0.2, -0.15) is 5.26 Å². The maximum absolute atomic E-state index is 12.3. The van der Waals surface area contributed by atoms with Crippen molar-refractivity contribution in [1.29, 1.82) is 5.26 Å². The van der Waals surface area contributed by atoms with Crippen LogP contribution >= 0.6 is 11.8 Å². The molecule has 0 unspecified atom stereocenters. The normalized spacial score (nSPS) is 13.6. The Hall–Kier alpha value is -1.54. The molecule has 108 valence electrons. The number of hydrogen-bond donors (Lipinski definition) is 1. The first-order valence-electron chi connectivity index (χ1n) is 6.81. The van der Waals surface area contributed by atoms with E-state index >= 15 is 0 Å². The Labute approximate surface area is 125 Å². The monoisotopic (exact) mass is 291 g/mol. The second-order valence-electron chi connectivity index (χ2n) is 5.09. The summed E-state index contributed by atoms with van der Waals surface area (Å²) in [5, 5.41) is 12.4. The fourth-order valence-electron chi connectivity index (χ4n) is 1.59. The molecular weight excluding hydrogens is 270 g/mol. The number of amides is 1. The van der Waals surface area contributed by atoms with Crippen molar-refractivity contribution in [1.82, 2.24) is 10.3 Å². The lowest BCUT2D eigenvalue weighted by atomic mass is 10.1. The molecule has 1 amide bonds. The number of rotatable bonds is 6. The molecule has 5 heteroatoms. The Morgan fingerprint density at radius 1 is 1.50 bits per heavy atom. The van der Waals surface area contributed by atoms with Gasteiger partial charge in [0.25, 0.3) is 0 Å². The average molecular weight is 291 g/mol. The summed E-state index contributed by atoms with van der Waals surface area (Å²) in [6, 6.07) is 5.63. The van der Waals surface area contributed by atoms with E-state index in [1.54, 1.807) is 18.3 Å². The van der Waals surface area contributed by atoms with Gasteiger partial charge in [0.05, 0.1) is 21.9 Å². The van der Waals surface area contributed by atoms with Crippen LogP contribution < -0.4 is 5.32 Å². The third-order valence-electron chi connectivity index (χ3n) is 2.98. The van der Waals surface area contributed by atoms with Crippen molar-refractivity contribution in [2.24, 2.45) is 5.92 Å². The molecule has 20 heavy (non-hydrogen) atoms. The highest BCUT2D eigenvalue weighted by Crippen LogP contribution is 2.27. The molecule has 0 saturated carbocycles. The molecule has 1 heterocycles. The summed E-state index contributed by atoms with van der Waals surface area (Å²) < 4.78 is 0. The molecule has 0 aromatic carbocycles. The van der Waals surface area contributed by atoms with Crippen LogP contribution in [0, 0.1) is 17.2 Å². The van der Waals surface area contributed by atoms with Crippen LogP contribution in [0.1, 0.15) is 39.7 Å². The third kappa shape index (κ3) is 4.86. The van der Waals surface area contributed by atoms with Gasteiger partial charge in [-0.3, -0.25) is 4.79 Å². The number of carbonyl (C=O) groups is 1. The van der Waals surface area contributed by atoms with Gasteiger partial charge < -0.3 is 5.32 Å². The lowest BCUT2D eigenvalue weighted by molar-refractivity contribution is -0.121. The summed E-state index contributed by atoms with van der Waals surface area (Å²) in [4.78, 5) is 16.5. The topological polar surface area (TPSA) is 65.8 Å². The summed E-state index contributed by atoms with van der Waals surface area (Å²) in [5.74, 6) is 0.222. The number of thioether (sulfide) groups is 1. The molecule has 2 atom stereocenters. The predicted molar refractivity (Wildman–Crippen MR) is 81.3 cm³/mol. The van der Waals surface area contributed by atoms with Crippen LogP contribution in [0.5, 0.6) is 0 Å². The summed E-state index contributed by atoms with van der Waals surface area (Å²) in [6.07, 6.45) is 2.51. The molecule has 1 N–H and O–H groups in total. The Morgan fingerprint density at radius 2 is 2.20 bits per heavy atom. The maximum Gasteiger partial charge on any atom is 0.234 e. The smallest absolute Gasteiger partial charge is 0.234 e. The second-order valence-corrected chi connectivity index (χ2v) is 6.26. The highest BCUT2D eigenvalue weighted by molar-refractivity contribution is 8.00. The largest absolute Gasteiger partial charge is 0.353 e. The highest BCUT2D eigenvalue weighted by Gasteiger charge is 2.24. The fraction of sp³-hybridized carbons (Fsp3) is 0.533. The molecule has 0 spiro atoms. The van der Waals surface area contributed by atoms with Gasteiger partial charge in [-0.15, -0.1) is 0 Å². The van der Waals surface area contributed by atoms with Gasteiger partial charge in [0.15, 0.2) is 0 Å². The Kier molecular flexibility index (Phi) is 6.53. The van der Waals surface area contributed by atoms with Crippen LogP contribution in [0.2, 0.25) is 0 Å². The van der Waals surface area contributed by atoms with Crippen LogP contribution in [0.4, 0.5) is 0 Å². The van der Waals surface area contributed by atoms with Crippen LogP contribution in [0.3, 0.4) is 0 Å². The zero-order valence-corrected chi connectivity index (χ0v) is 13.2. The zero-order chi connectivity index (χ0) is 15.1. The van der Waals surface area contributed by atoms with Crippen molar-refractivity contribution in [2.75, 3.05) is 0 Å². The molecule has 0 fully saturated rings. The van der Waals surface area contributed by atoms with Gasteiger partial charge in [-0.05, 0) is 31.4 Å². The summed E-state index contributed by atoms with van der Waals surface area (Å²) >= 11 is 1.41. The van der Waals surface area contributed by atoms with Crippen molar-refractivity contribution in [2.45, 2.75) is 50.4 Å². The molecule has 0 radical (unpaired) electrons. The standard InChI is InChI=1S/C15H21N3OS/c1-5-11(4)18-15(19)14(10(2)3)20-13-8-12(9-16)6-7-17-13/h6-8,10-11,14H,5H2,1-4H3,(H,18,19)/t11-,14+/m0/s1. The van der Waals surface area contributed by atoms with E-state index in [2.05, 4.69) is 16.4 Å². The summed E-state index contributed by atoms with van der Waals surface area (Å²) in [7, 11) is 0. The molecule has 1 aromatic rings. The van der Waals surface area contributed by atoms with E-state index in [1.165, 1.54) is 11.8 Å². The van der Waals surface area contributed by atoms with Gasteiger partial charge in [0.1, 0.15) is 0 Å². The van der Waals surface area contributed by atoms with Gasteiger partial charge in [0, 0.05) is 12.2 Å². The van der Waals surface area contributed by atoms with Crippen LogP contribution in [0.15, 0.2) is 23.4 Å². The van der Waals surface area contributed by atoms with Gasteiger partial charge in [-0.1, -0.05) is 32.5 Å². The molecule has 4 nitrogen and oxygen atoms in total. The number of hydrogen-bond acceptors (Lipinski definition) is 4. The fourth-order valence-corrected chi connectivity index (χ4v) is 2.62. The molecule has 0 aliphatic carbocycles. The van der Waals surface area contributed by atoms with E-state index in [4.69, 9.17) is 5.26 Å². The Morgan fingerprint density at radius 3 is 2.75 bits per heavy atom. The minimum absolute atomic E-state index is 0.0310. The van der Waals surface area contributed by atoms with E-state index < -0.39 is 0 Å². The van der Waals surface area contributed by atoms with E-state index in [-0.39, 0.29) is 23.1 Å². The van der Waals surface area contributed by atoms with Crippen molar-refractivity contribution >= 4 is 17.7 Å². The number of nitrogens with zero attached hydrogens (tertiary/aromatic N) is 2. The highest BCUT2D eigenvalue weighted by atomic mass is 32.2. The number of pyridine rings is 1. The Balaban J connectivity index is 2.81.